The van der Waals surface area contributed by atoms with E-state index < -0.39 is 0 Å². The minimum Gasteiger partial charge on any atom is -0.466 e. The molecular weight excluding hydrogens is 268 g/mol. The van der Waals surface area contributed by atoms with Gasteiger partial charge in [0, 0.05) is 6.04 Å². The molecule has 0 unspecified atom stereocenters. The Bertz CT molecular complexity index is 345. The first kappa shape index (κ1) is 16.3. The third kappa shape index (κ3) is 5.30. The van der Waals surface area contributed by atoms with Gasteiger partial charge in [-0.25, -0.2) is 0 Å². The van der Waals surface area contributed by atoms with Gasteiger partial charge in [0.1, 0.15) is 0 Å². The number of esters is 1. The van der Waals surface area contributed by atoms with Crippen LogP contribution >= 0.6 is 0 Å². The molecule has 0 bridgehead atoms. The molecule has 1 saturated carbocycles. The molecule has 1 heterocycles. The topological polar surface area (TPSA) is 58.6 Å². The quantitative estimate of drug-likeness (QED) is 0.785. The zero-order valence-electron chi connectivity index (χ0n) is 13.1. The molecule has 0 spiro atoms. The summed E-state index contributed by atoms with van der Waals surface area (Å²) < 4.78 is 5.06. The van der Waals surface area contributed by atoms with Crippen molar-refractivity contribution >= 4 is 11.9 Å². The highest BCUT2D eigenvalue weighted by molar-refractivity contribution is 5.78. The maximum absolute atomic E-state index is 12.1. The Morgan fingerprint density at radius 1 is 1.10 bits per heavy atom. The lowest BCUT2D eigenvalue weighted by atomic mass is 9.95. The molecule has 0 aromatic rings. The number of nitrogens with zero attached hydrogens (tertiary/aromatic N) is 1. The molecule has 2 fully saturated rings. The van der Waals surface area contributed by atoms with E-state index >= 15 is 0 Å². The summed E-state index contributed by atoms with van der Waals surface area (Å²) in [4.78, 5) is 25.9. The summed E-state index contributed by atoms with van der Waals surface area (Å²) in [7, 11) is 0. The predicted molar refractivity (Wildman–Crippen MR) is 80.8 cm³/mol. The van der Waals surface area contributed by atoms with E-state index in [0.29, 0.717) is 19.2 Å². The average Bonchev–Trinajstić information content (AvgIpc) is 2.49. The van der Waals surface area contributed by atoms with Crippen molar-refractivity contribution in [1.29, 1.82) is 0 Å². The normalized spacial score (nSPS) is 22.0. The Balaban J connectivity index is 1.65. The van der Waals surface area contributed by atoms with E-state index in [4.69, 9.17) is 4.74 Å². The summed E-state index contributed by atoms with van der Waals surface area (Å²) in [5.74, 6) is 0.0721. The number of ether oxygens (including phenoxy) is 1. The smallest absolute Gasteiger partial charge is 0.309 e. The van der Waals surface area contributed by atoms with E-state index in [2.05, 4.69) is 10.2 Å². The maximum atomic E-state index is 12.1. The summed E-state index contributed by atoms with van der Waals surface area (Å²) in [5, 5.41) is 3.15. The number of hydrogen-bond acceptors (Lipinski definition) is 4. The van der Waals surface area contributed by atoms with Crippen LogP contribution in [0.1, 0.15) is 51.9 Å². The minimum atomic E-state index is -0.0798. The molecule has 120 valence electrons. The number of likely N-dealkylation sites (tertiary alicyclic amines) is 1. The lowest BCUT2D eigenvalue weighted by Gasteiger charge is -2.31. The highest BCUT2D eigenvalue weighted by atomic mass is 16.5. The van der Waals surface area contributed by atoms with Crippen LogP contribution in [0.3, 0.4) is 0 Å². The molecular formula is C16H28N2O3. The standard InChI is InChI=1S/C16H28N2O3/c1-2-21-16(20)13-8-10-18(11-9-13)12-15(19)17-14-6-4-3-5-7-14/h13-14H,2-12H2,1H3,(H,17,19). The van der Waals surface area contributed by atoms with E-state index in [0.717, 1.165) is 38.8 Å². The Morgan fingerprint density at radius 2 is 1.76 bits per heavy atom. The third-order valence-corrected chi connectivity index (χ3v) is 4.55. The van der Waals surface area contributed by atoms with E-state index in [-0.39, 0.29) is 17.8 Å². The number of rotatable bonds is 5. The average molecular weight is 296 g/mol. The lowest BCUT2D eigenvalue weighted by molar-refractivity contribution is -0.149. The molecule has 5 heteroatoms. The van der Waals surface area contributed by atoms with Gasteiger partial charge in [-0.2, -0.15) is 0 Å². The van der Waals surface area contributed by atoms with Gasteiger partial charge in [0.25, 0.3) is 0 Å². The Labute approximate surface area is 127 Å². The third-order valence-electron chi connectivity index (χ3n) is 4.55. The second-order valence-corrected chi connectivity index (χ2v) is 6.20. The first-order valence-corrected chi connectivity index (χ1v) is 8.37. The molecule has 21 heavy (non-hydrogen) atoms. The number of piperidine rings is 1. The molecule has 0 radical (unpaired) electrons. The first-order valence-electron chi connectivity index (χ1n) is 8.37. The van der Waals surface area contributed by atoms with E-state index in [1.54, 1.807) is 0 Å². The number of carbonyl (C=O) groups excluding carboxylic acids is 2. The van der Waals surface area contributed by atoms with E-state index in [1.807, 2.05) is 6.92 Å². The monoisotopic (exact) mass is 296 g/mol. The minimum absolute atomic E-state index is 0.0163. The number of nitrogens with one attached hydrogen (secondary N) is 1. The van der Waals surface area contributed by atoms with Gasteiger partial charge in [-0.3, -0.25) is 14.5 Å². The van der Waals surface area contributed by atoms with Gasteiger partial charge in [0.05, 0.1) is 19.1 Å². The zero-order chi connectivity index (χ0) is 15.1. The summed E-state index contributed by atoms with van der Waals surface area (Å²) in [6, 6.07) is 0.378. The second-order valence-electron chi connectivity index (χ2n) is 6.20. The van der Waals surface area contributed by atoms with Crippen LogP contribution in [0.4, 0.5) is 0 Å². The van der Waals surface area contributed by atoms with Gasteiger partial charge in [-0.1, -0.05) is 19.3 Å². The fraction of sp³-hybridized carbons (Fsp3) is 0.875. The first-order chi connectivity index (χ1) is 10.2. The SMILES string of the molecule is CCOC(=O)C1CCN(CC(=O)NC2CCCCC2)CC1. The van der Waals surface area contributed by atoms with Gasteiger partial charge in [0.15, 0.2) is 0 Å². The van der Waals surface area contributed by atoms with Crippen LogP contribution in [-0.4, -0.2) is 49.1 Å². The van der Waals surface area contributed by atoms with Crippen molar-refractivity contribution in [3.05, 3.63) is 0 Å². The molecule has 1 N–H and O–H groups in total. The summed E-state index contributed by atoms with van der Waals surface area (Å²) in [5.41, 5.74) is 0. The highest BCUT2D eigenvalue weighted by Crippen LogP contribution is 2.19. The van der Waals surface area contributed by atoms with Gasteiger partial charge < -0.3 is 10.1 Å². The zero-order valence-corrected chi connectivity index (χ0v) is 13.1. The molecule has 1 amide bonds. The van der Waals surface area contributed by atoms with Crippen molar-refractivity contribution in [1.82, 2.24) is 10.2 Å². The van der Waals surface area contributed by atoms with Gasteiger partial charge >= 0.3 is 5.97 Å². The molecule has 1 aliphatic carbocycles. The van der Waals surface area contributed by atoms with Crippen LogP contribution in [0.25, 0.3) is 0 Å². The Hall–Kier alpha value is -1.10. The molecule has 2 aliphatic rings. The van der Waals surface area contributed by atoms with Crippen LogP contribution in [0, 0.1) is 5.92 Å². The van der Waals surface area contributed by atoms with Gasteiger partial charge in [0.2, 0.25) is 5.91 Å². The van der Waals surface area contributed by atoms with Crippen molar-refractivity contribution < 1.29 is 14.3 Å². The van der Waals surface area contributed by atoms with Crippen LogP contribution < -0.4 is 5.32 Å². The predicted octanol–water partition coefficient (Wildman–Crippen LogP) is 1.71. The Kier molecular flexibility index (Phi) is 6.49. The number of hydrogen-bond donors (Lipinski definition) is 1. The highest BCUT2D eigenvalue weighted by Gasteiger charge is 2.27. The molecule has 2 rings (SSSR count). The van der Waals surface area contributed by atoms with Crippen LogP contribution in [0.2, 0.25) is 0 Å². The second kappa shape index (κ2) is 8.37. The molecule has 0 aromatic carbocycles. The van der Waals surface area contributed by atoms with E-state index in [1.165, 1.54) is 19.3 Å². The van der Waals surface area contributed by atoms with E-state index in [9.17, 15) is 9.59 Å². The number of carbonyl (C=O) groups is 2. The van der Waals surface area contributed by atoms with Crippen molar-refractivity contribution in [3.63, 3.8) is 0 Å². The van der Waals surface area contributed by atoms with Crippen LogP contribution in [0.15, 0.2) is 0 Å². The van der Waals surface area contributed by atoms with Crippen LogP contribution in [0.5, 0.6) is 0 Å². The van der Waals surface area contributed by atoms with Crippen molar-refractivity contribution in [2.24, 2.45) is 5.92 Å². The van der Waals surface area contributed by atoms with Crippen molar-refractivity contribution in [2.45, 2.75) is 57.9 Å². The molecule has 1 aliphatic heterocycles. The summed E-state index contributed by atoms with van der Waals surface area (Å²) >= 11 is 0. The van der Waals surface area contributed by atoms with Gasteiger partial charge in [-0.05, 0) is 45.7 Å². The fourth-order valence-corrected chi connectivity index (χ4v) is 3.31. The molecule has 0 aromatic heterocycles. The van der Waals surface area contributed by atoms with Crippen molar-refractivity contribution in [2.75, 3.05) is 26.2 Å². The fourth-order valence-electron chi connectivity index (χ4n) is 3.31. The van der Waals surface area contributed by atoms with Crippen LogP contribution in [-0.2, 0) is 14.3 Å². The molecule has 1 saturated heterocycles. The Morgan fingerprint density at radius 3 is 2.38 bits per heavy atom. The molecule has 0 atom stereocenters. The maximum Gasteiger partial charge on any atom is 0.309 e. The summed E-state index contributed by atoms with van der Waals surface area (Å²) in [6.07, 6.45) is 7.61. The molecule has 5 nitrogen and oxygen atoms in total. The van der Waals surface area contributed by atoms with Crippen molar-refractivity contribution in [3.8, 4) is 0 Å². The van der Waals surface area contributed by atoms with Gasteiger partial charge in [-0.15, -0.1) is 0 Å². The summed E-state index contributed by atoms with van der Waals surface area (Å²) in [6.45, 7) is 4.36. The largest absolute Gasteiger partial charge is 0.466 e. The number of amides is 1. The lowest BCUT2D eigenvalue weighted by Crippen LogP contribution is -2.45.